The van der Waals surface area contributed by atoms with E-state index < -0.39 is 0 Å². The van der Waals surface area contributed by atoms with Gasteiger partial charge in [0.2, 0.25) is 0 Å². The number of hydrogen-bond acceptors (Lipinski definition) is 1. The molecule has 0 unspecified atom stereocenters. The van der Waals surface area contributed by atoms with Crippen LogP contribution in [0.2, 0.25) is 0 Å². The van der Waals surface area contributed by atoms with E-state index in [0.29, 0.717) is 0 Å². The molecule has 2 aromatic rings. The van der Waals surface area contributed by atoms with Gasteiger partial charge in [-0.05, 0) is 50.8 Å². The molecule has 1 aromatic carbocycles. The minimum Gasteiger partial charge on any atom is -0.490 e. The Morgan fingerprint density at radius 3 is 2.78 bits per heavy atom. The molecule has 0 N–H and O–H groups in total. The van der Waals surface area contributed by atoms with Gasteiger partial charge in [-0.3, -0.25) is 0 Å². The predicted molar refractivity (Wildman–Crippen MR) is 75.0 cm³/mol. The second-order valence-electron chi connectivity index (χ2n) is 5.62. The second-order valence-corrected chi connectivity index (χ2v) is 5.62. The summed E-state index contributed by atoms with van der Waals surface area (Å²) in [5.74, 6) is 1.89. The first kappa shape index (κ1) is 11.6. The van der Waals surface area contributed by atoms with Crippen molar-refractivity contribution >= 4 is 10.9 Å². The summed E-state index contributed by atoms with van der Waals surface area (Å²) in [4.78, 5) is 0. The van der Waals surface area contributed by atoms with Gasteiger partial charge in [-0.2, -0.15) is 0 Å². The van der Waals surface area contributed by atoms with Crippen LogP contribution in [-0.4, -0.2) is 10.7 Å². The molecule has 0 radical (unpaired) electrons. The molecule has 1 fully saturated rings. The molecule has 2 nitrogen and oxygen atoms in total. The van der Waals surface area contributed by atoms with Crippen molar-refractivity contribution in [3.8, 4) is 5.75 Å². The number of rotatable bonds is 4. The minimum atomic E-state index is 0.227. The smallest absolute Gasteiger partial charge is 0.129 e. The maximum Gasteiger partial charge on any atom is 0.129 e. The van der Waals surface area contributed by atoms with Crippen LogP contribution in [0, 0.1) is 5.92 Å². The highest BCUT2D eigenvalue weighted by Gasteiger charge is 2.18. The average Bonchev–Trinajstić information content (AvgIpc) is 2.67. The maximum atomic E-state index is 5.87. The Morgan fingerprint density at radius 2 is 2.11 bits per heavy atom. The molecule has 96 valence electrons. The van der Waals surface area contributed by atoms with Gasteiger partial charge in [0, 0.05) is 18.1 Å². The van der Waals surface area contributed by atoms with Crippen LogP contribution in [0.5, 0.6) is 5.75 Å². The third-order valence-electron chi connectivity index (χ3n) is 3.82. The van der Waals surface area contributed by atoms with Gasteiger partial charge in [0.05, 0.1) is 11.6 Å². The highest BCUT2D eigenvalue weighted by molar-refractivity contribution is 5.86. The Labute approximate surface area is 109 Å². The van der Waals surface area contributed by atoms with Crippen molar-refractivity contribution in [1.82, 2.24) is 4.57 Å². The number of nitrogens with zero attached hydrogens (tertiary/aromatic N) is 1. The van der Waals surface area contributed by atoms with E-state index in [4.69, 9.17) is 4.74 Å². The van der Waals surface area contributed by atoms with Crippen molar-refractivity contribution in [2.45, 2.75) is 45.8 Å². The highest BCUT2D eigenvalue weighted by Crippen LogP contribution is 2.32. The van der Waals surface area contributed by atoms with E-state index in [2.05, 4.69) is 48.9 Å². The molecular weight excluding hydrogens is 222 g/mol. The lowest BCUT2D eigenvalue weighted by Gasteiger charge is -2.26. The van der Waals surface area contributed by atoms with Crippen molar-refractivity contribution in [2.24, 2.45) is 5.92 Å². The zero-order chi connectivity index (χ0) is 12.5. The fourth-order valence-corrected chi connectivity index (χ4v) is 2.66. The van der Waals surface area contributed by atoms with Gasteiger partial charge >= 0.3 is 0 Å². The predicted octanol–water partition coefficient (Wildman–Crippen LogP) is 4.23. The van der Waals surface area contributed by atoms with Crippen molar-refractivity contribution < 1.29 is 4.74 Å². The summed E-state index contributed by atoms with van der Waals surface area (Å²) in [7, 11) is 0. The Hall–Kier alpha value is -1.44. The average molecular weight is 243 g/mol. The molecule has 1 aliphatic carbocycles. The van der Waals surface area contributed by atoms with Crippen molar-refractivity contribution in [2.75, 3.05) is 0 Å². The second kappa shape index (κ2) is 4.68. The third-order valence-corrected chi connectivity index (χ3v) is 3.82. The van der Waals surface area contributed by atoms with Gasteiger partial charge in [-0.25, -0.2) is 0 Å². The zero-order valence-electron chi connectivity index (χ0n) is 11.2. The van der Waals surface area contributed by atoms with Gasteiger partial charge in [-0.1, -0.05) is 12.5 Å². The molecule has 2 heteroatoms. The third kappa shape index (κ3) is 2.12. The van der Waals surface area contributed by atoms with Gasteiger partial charge in [0.25, 0.3) is 0 Å². The Kier molecular flexibility index (Phi) is 3.02. The van der Waals surface area contributed by atoms with Gasteiger partial charge < -0.3 is 9.30 Å². The molecule has 0 bridgehead atoms. The normalized spacial score (nSPS) is 16.2. The van der Waals surface area contributed by atoms with E-state index in [1.54, 1.807) is 0 Å². The molecule has 0 saturated heterocycles. The van der Waals surface area contributed by atoms with E-state index in [1.807, 2.05) is 0 Å². The lowest BCUT2D eigenvalue weighted by Crippen LogP contribution is -2.17. The summed E-state index contributed by atoms with van der Waals surface area (Å²) in [5.41, 5.74) is 1.31. The summed E-state index contributed by atoms with van der Waals surface area (Å²) in [5, 5.41) is 1.24. The lowest BCUT2D eigenvalue weighted by atomic mass is 9.85. The Bertz CT molecular complexity index is 537. The van der Waals surface area contributed by atoms with E-state index in [1.165, 1.54) is 30.2 Å². The van der Waals surface area contributed by atoms with Crippen LogP contribution >= 0.6 is 0 Å². The standard InChI is InChI=1S/C16H21NO/c1-12(2)18-16-8-4-7-15-14(16)9-10-17(15)11-13-5-3-6-13/h4,7-10,12-13H,3,5-6,11H2,1-2H3. The van der Waals surface area contributed by atoms with Gasteiger partial charge in [0.1, 0.15) is 5.75 Å². The molecule has 0 amide bonds. The van der Waals surface area contributed by atoms with Crippen LogP contribution in [0.1, 0.15) is 33.1 Å². The molecule has 1 heterocycles. The van der Waals surface area contributed by atoms with Crippen LogP contribution in [0.4, 0.5) is 0 Å². The van der Waals surface area contributed by atoms with Crippen LogP contribution < -0.4 is 4.74 Å². The van der Waals surface area contributed by atoms with Crippen LogP contribution in [0.15, 0.2) is 30.5 Å². The van der Waals surface area contributed by atoms with E-state index in [0.717, 1.165) is 18.2 Å². The first-order chi connectivity index (χ1) is 8.74. The summed E-state index contributed by atoms with van der Waals surface area (Å²) in [6.45, 7) is 5.31. The van der Waals surface area contributed by atoms with Crippen LogP contribution in [0.25, 0.3) is 10.9 Å². The summed E-state index contributed by atoms with van der Waals surface area (Å²) < 4.78 is 8.25. The largest absolute Gasteiger partial charge is 0.490 e. The molecule has 18 heavy (non-hydrogen) atoms. The summed E-state index contributed by atoms with van der Waals surface area (Å²) >= 11 is 0. The Balaban J connectivity index is 1.92. The fraction of sp³-hybridized carbons (Fsp3) is 0.500. The first-order valence-corrected chi connectivity index (χ1v) is 6.98. The topological polar surface area (TPSA) is 14.2 Å². The Morgan fingerprint density at radius 1 is 1.28 bits per heavy atom. The monoisotopic (exact) mass is 243 g/mol. The molecule has 1 aromatic heterocycles. The van der Waals surface area contributed by atoms with Gasteiger partial charge in [-0.15, -0.1) is 0 Å². The molecule has 0 aliphatic heterocycles. The fourth-order valence-electron chi connectivity index (χ4n) is 2.66. The molecule has 1 saturated carbocycles. The minimum absolute atomic E-state index is 0.227. The molecule has 0 atom stereocenters. The van der Waals surface area contributed by atoms with Crippen LogP contribution in [0.3, 0.4) is 0 Å². The van der Waals surface area contributed by atoms with Crippen molar-refractivity contribution in [1.29, 1.82) is 0 Å². The maximum absolute atomic E-state index is 5.87. The number of aromatic nitrogens is 1. The summed E-state index contributed by atoms with van der Waals surface area (Å²) in [6.07, 6.45) is 6.62. The van der Waals surface area contributed by atoms with Crippen molar-refractivity contribution in [3.63, 3.8) is 0 Å². The van der Waals surface area contributed by atoms with E-state index in [9.17, 15) is 0 Å². The SMILES string of the molecule is CC(C)Oc1cccc2c1ccn2CC1CCC1. The van der Waals surface area contributed by atoms with Crippen LogP contribution in [-0.2, 0) is 6.54 Å². The number of benzene rings is 1. The van der Waals surface area contributed by atoms with Gasteiger partial charge in [0.15, 0.2) is 0 Å². The lowest BCUT2D eigenvalue weighted by molar-refractivity contribution is 0.245. The quantitative estimate of drug-likeness (QED) is 0.784. The first-order valence-electron chi connectivity index (χ1n) is 6.98. The highest BCUT2D eigenvalue weighted by atomic mass is 16.5. The zero-order valence-corrected chi connectivity index (χ0v) is 11.2. The number of hydrogen-bond donors (Lipinski definition) is 0. The molecular formula is C16H21NO. The number of ether oxygens (including phenoxy) is 1. The van der Waals surface area contributed by atoms with E-state index in [-0.39, 0.29) is 6.10 Å². The number of fused-ring (bicyclic) bond motifs is 1. The summed E-state index contributed by atoms with van der Waals surface area (Å²) in [6, 6.07) is 8.54. The van der Waals surface area contributed by atoms with Crippen molar-refractivity contribution in [3.05, 3.63) is 30.5 Å². The molecule has 0 spiro atoms. The molecule has 3 rings (SSSR count). The molecule has 1 aliphatic rings. The van der Waals surface area contributed by atoms with E-state index >= 15 is 0 Å².